The van der Waals surface area contributed by atoms with Crippen molar-refractivity contribution in [1.82, 2.24) is 10.9 Å². The van der Waals surface area contributed by atoms with E-state index in [4.69, 9.17) is 0 Å². The Bertz CT molecular complexity index is 528. The summed E-state index contributed by atoms with van der Waals surface area (Å²) in [5.41, 5.74) is 6.92. The zero-order chi connectivity index (χ0) is 15.0. The van der Waals surface area contributed by atoms with Crippen LogP contribution in [0, 0.1) is 6.92 Å². The van der Waals surface area contributed by atoms with E-state index < -0.39 is 0 Å². The molecule has 4 heteroatoms. The number of hydrogen-bond donors (Lipinski definition) is 2. The van der Waals surface area contributed by atoms with E-state index in [1.807, 2.05) is 32.9 Å². The van der Waals surface area contributed by atoms with E-state index in [0.717, 1.165) is 12.0 Å². The van der Waals surface area contributed by atoms with E-state index in [1.165, 1.54) is 0 Å². The third-order valence-corrected chi connectivity index (χ3v) is 2.64. The van der Waals surface area contributed by atoms with Gasteiger partial charge in [0.05, 0.1) is 0 Å². The lowest BCUT2D eigenvalue weighted by Gasteiger charge is -2.08. The quantitative estimate of drug-likeness (QED) is 0.503. The molecule has 0 saturated carbocycles. The molecule has 0 bridgehead atoms. The second kappa shape index (κ2) is 7.94. The van der Waals surface area contributed by atoms with Gasteiger partial charge in [0.2, 0.25) is 0 Å². The standard InChI is InChI=1S/C16H20N2O2/c1-4-6-13(7-5-2)15(19)17-18-16(20)14-10-8-12(3)9-11-14/h4,6-11H,5H2,1-3H3,(H,17,19)(H,18,20)/b6-4-,13-7+. The Morgan fingerprint density at radius 1 is 1.15 bits per heavy atom. The molecule has 0 heterocycles. The molecule has 0 saturated heterocycles. The van der Waals surface area contributed by atoms with E-state index in [1.54, 1.807) is 30.4 Å². The summed E-state index contributed by atoms with van der Waals surface area (Å²) >= 11 is 0. The molecule has 20 heavy (non-hydrogen) atoms. The van der Waals surface area contributed by atoms with Gasteiger partial charge in [0.1, 0.15) is 0 Å². The van der Waals surface area contributed by atoms with E-state index in [0.29, 0.717) is 11.1 Å². The number of amides is 2. The summed E-state index contributed by atoms with van der Waals surface area (Å²) in [5, 5.41) is 0. The zero-order valence-electron chi connectivity index (χ0n) is 12.1. The van der Waals surface area contributed by atoms with Crippen molar-refractivity contribution in [1.29, 1.82) is 0 Å². The number of aryl methyl sites for hydroxylation is 1. The Morgan fingerprint density at radius 2 is 1.80 bits per heavy atom. The van der Waals surface area contributed by atoms with Gasteiger partial charge in [-0.25, -0.2) is 0 Å². The minimum atomic E-state index is -0.338. The molecule has 0 aliphatic heterocycles. The molecule has 0 spiro atoms. The van der Waals surface area contributed by atoms with E-state index in [-0.39, 0.29) is 11.8 Å². The third-order valence-electron chi connectivity index (χ3n) is 2.64. The van der Waals surface area contributed by atoms with Crippen molar-refractivity contribution < 1.29 is 9.59 Å². The second-order valence-electron chi connectivity index (χ2n) is 4.34. The first kappa shape index (κ1) is 15.7. The highest BCUT2D eigenvalue weighted by atomic mass is 16.2. The fourth-order valence-corrected chi connectivity index (χ4v) is 1.60. The highest BCUT2D eigenvalue weighted by Gasteiger charge is 2.08. The van der Waals surface area contributed by atoms with Crippen LogP contribution in [0.5, 0.6) is 0 Å². The van der Waals surface area contributed by atoms with E-state index >= 15 is 0 Å². The van der Waals surface area contributed by atoms with Gasteiger partial charge in [-0.3, -0.25) is 20.4 Å². The highest BCUT2D eigenvalue weighted by Crippen LogP contribution is 2.03. The minimum Gasteiger partial charge on any atom is -0.267 e. The molecule has 0 aliphatic carbocycles. The lowest BCUT2D eigenvalue weighted by Crippen LogP contribution is -2.42. The van der Waals surface area contributed by atoms with Gasteiger partial charge in [-0.1, -0.05) is 42.8 Å². The first-order valence-corrected chi connectivity index (χ1v) is 6.58. The second-order valence-corrected chi connectivity index (χ2v) is 4.34. The van der Waals surface area contributed by atoms with Crippen molar-refractivity contribution in [3.63, 3.8) is 0 Å². The summed E-state index contributed by atoms with van der Waals surface area (Å²) in [4.78, 5) is 23.7. The molecule has 0 aliphatic rings. The topological polar surface area (TPSA) is 58.2 Å². The SMILES string of the molecule is C/C=C\C(=C/CC)C(=O)NNC(=O)c1ccc(C)cc1. The maximum Gasteiger partial charge on any atom is 0.269 e. The van der Waals surface area contributed by atoms with Crippen LogP contribution < -0.4 is 10.9 Å². The molecule has 1 rings (SSSR count). The predicted molar refractivity (Wildman–Crippen MR) is 80.0 cm³/mol. The molecule has 0 aromatic heterocycles. The van der Waals surface area contributed by atoms with Gasteiger partial charge in [0, 0.05) is 11.1 Å². The Hall–Kier alpha value is -2.36. The van der Waals surface area contributed by atoms with Gasteiger partial charge >= 0.3 is 0 Å². The number of hydrazine groups is 1. The Balaban J connectivity index is 2.62. The smallest absolute Gasteiger partial charge is 0.267 e. The molecule has 0 unspecified atom stereocenters. The Morgan fingerprint density at radius 3 is 2.35 bits per heavy atom. The molecular formula is C16H20N2O2. The summed E-state index contributed by atoms with van der Waals surface area (Å²) in [7, 11) is 0. The molecule has 2 N–H and O–H groups in total. The fourth-order valence-electron chi connectivity index (χ4n) is 1.60. The molecule has 2 amide bonds. The number of hydrogen-bond acceptors (Lipinski definition) is 2. The van der Waals surface area contributed by atoms with Gasteiger partial charge < -0.3 is 0 Å². The van der Waals surface area contributed by atoms with Crippen LogP contribution >= 0.6 is 0 Å². The molecule has 1 aromatic carbocycles. The van der Waals surface area contributed by atoms with Gasteiger partial charge in [-0.2, -0.15) is 0 Å². The minimum absolute atomic E-state index is 0.328. The Labute approximate surface area is 119 Å². The summed E-state index contributed by atoms with van der Waals surface area (Å²) in [6.07, 6.45) is 6.03. The molecule has 0 radical (unpaired) electrons. The third kappa shape index (κ3) is 4.72. The average Bonchev–Trinajstić information content (AvgIpc) is 2.45. The van der Waals surface area contributed by atoms with E-state index in [2.05, 4.69) is 10.9 Å². The largest absolute Gasteiger partial charge is 0.269 e. The van der Waals surface area contributed by atoms with Gasteiger partial charge in [-0.05, 0) is 32.4 Å². The molecule has 106 valence electrons. The van der Waals surface area contributed by atoms with Crippen LogP contribution in [0.1, 0.15) is 36.2 Å². The van der Waals surface area contributed by atoms with Crippen molar-refractivity contribution in [3.8, 4) is 0 Å². The first-order chi connectivity index (χ1) is 9.58. The summed E-state index contributed by atoms with van der Waals surface area (Å²) in [5.74, 6) is -0.667. The molecule has 1 aromatic rings. The van der Waals surface area contributed by atoms with E-state index in [9.17, 15) is 9.59 Å². The maximum atomic E-state index is 11.9. The predicted octanol–water partition coefficient (Wildman–Crippen LogP) is 2.67. The van der Waals surface area contributed by atoms with Crippen molar-refractivity contribution in [2.75, 3.05) is 0 Å². The molecule has 0 atom stereocenters. The number of benzene rings is 1. The van der Waals surface area contributed by atoms with Crippen LogP contribution in [0.3, 0.4) is 0 Å². The summed E-state index contributed by atoms with van der Waals surface area (Å²) < 4.78 is 0. The maximum absolute atomic E-state index is 11.9. The van der Waals surface area contributed by atoms with Crippen molar-refractivity contribution in [2.24, 2.45) is 0 Å². The van der Waals surface area contributed by atoms with Crippen molar-refractivity contribution >= 4 is 11.8 Å². The number of allylic oxidation sites excluding steroid dienone is 2. The first-order valence-electron chi connectivity index (χ1n) is 6.58. The lowest BCUT2D eigenvalue weighted by molar-refractivity contribution is -0.117. The van der Waals surface area contributed by atoms with Crippen LogP contribution in [0.15, 0.2) is 48.1 Å². The summed E-state index contributed by atoms with van der Waals surface area (Å²) in [6.45, 7) is 5.73. The number of carbonyl (C=O) groups excluding carboxylic acids is 2. The average molecular weight is 272 g/mol. The van der Waals surface area contributed by atoms with Crippen molar-refractivity contribution in [2.45, 2.75) is 27.2 Å². The van der Waals surface area contributed by atoms with Gasteiger partial charge in [-0.15, -0.1) is 0 Å². The van der Waals surface area contributed by atoms with Crippen LogP contribution in [-0.2, 0) is 4.79 Å². The zero-order valence-corrected chi connectivity index (χ0v) is 12.1. The monoisotopic (exact) mass is 272 g/mol. The Kier molecular flexibility index (Phi) is 6.23. The van der Waals surface area contributed by atoms with Crippen LogP contribution in [0.25, 0.3) is 0 Å². The van der Waals surface area contributed by atoms with Crippen molar-refractivity contribution in [3.05, 3.63) is 59.2 Å². The van der Waals surface area contributed by atoms with Crippen LogP contribution in [0.2, 0.25) is 0 Å². The van der Waals surface area contributed by atoms with Crippen LogP contribution in [-0.4, -0.2) is 11.8 Å². The lowest BCUT2D eigenvalue weighted by atomic mass is 10.1. The molecule has 4 nitrogen and oxygen atoms in total. The molecule has 0 fully saturated rings. The normalized spacial score (nSPS) is 11.4. The fraction of sp³-hybridized carbons (Fsp3) is 0.250. The molecular weight excluding hydrogens is 252 g/mol. The summed E-state index contributed by atoms with van der Waals surface area (Å²) in [6, 6.07) is 7.12. The number of carbonyl (C=O) groups is 2. The van der Waals surface area contributed by atoms with Gasteiger partial charge in [0.25, 0.3) is 11.8 Å². The number of rotatable bonds is 4. The number of nitrogens with one attached hydrogen (secondary N) is 2. The van der Waals surface area contributed by atoms with Gasteiger partial charge in [0.15, 0.2) is 0 Å². The highest BCUT2D eigenvalue weighted by molar-refractivity contribution is 6.00. The van der Waals surface area contributed by atoms with Crippen LogP contribution in [0.4, 0.5) is 0 Å².